The first-order valence-electron chi connectivity index (χ1n) is 9.47. The molecule has 1 aromatic rings. The number of benzene rings is 1. The number of aliphatic hydroxyl groups is 1. The van der Waals surface area contributed by atoms with Gasteiger partial charge in [-0.05, 0) is 31.9 Å². The first-order valence-corrected chi connectivity index (χ1v) is 9.47. The Morgan fingerprint density at radius 2 is 2.22 bits per heavy atom. The Morgan fingerprint density at radius 1 is 1.48 bits per heavy atom. The number of aliphatic hydroxyl groups excluding tert-OH is 1. The van der Waals surface area contributed by atoms with E-state index in [-0.39, 0.29) is 24.0 Å². The van der Waals surface area contributed by atoms with Gasteiger partial charge in [0.25, 0.3) is 0 Å². The number of fused-ring (bicyclic) bond motifs is 1. The van der Waals surface area contributed by atoms with Crippen molar-refractivity contribution in [2.75, 3.05) is 6.61 Å². The van der Waals surface area contributed by atoms with Gasteiger partial charge < -0.3 is 19.9 Å². The molecule has 1 aliphatic carbocycles. The predicted octanol–water partition coefficient (Wildman–Crippen LogP) is 3.30. The van der Waals surface area contributed by atoms with Gasteiger partial charge in [0, 0.05) is 30.4 Å². The summed E-state index contributed by atoms with van der Waals surface area (Å²) in [6.07, 6.45) is 3.79. The zero-order chi connectivity index (χ0) is 19.6. The summed E-state index contributed by atoms with van der Waals surface area (Å²) in [5.41, 5.74) is 1.36. The van der Waals surface area contributed by atoms with Crippen molar-refractivity contribution in [3.05, 3.63) is 54.1 Å². The SMILES string of the molecule is C=CCOc1ccccc1[C@@H]1C[C@](C)(NC(C)=O)[C@@H]2CC=C(C)[C@@H](O)[C@@H]2O1. The fourth-order valence-corrected chi connectivity index (χ4v) is 4.37. The zero-order valence-electron chi connectivity index (χ0n) is 16.3. The van der Waals surface area contributed by atoms with Crippen molar-refractivity contribution in [2.24, 2.45) is 5.92 Å². The molecule has 3 rings (SSSR count). The molecule has 146 valence electrons. The maximum atomic E-state index is 11.9. The van der Waals surface area contributed by atoms with Gasteiger partial charge in [0.2, 0.25) is 5.91 Å². The van der Waals surface area contributed by atoms with Gasteiger partial charge in [-0.3, -0.25) is 4.79 Å². The lowest BCUT2D eigenvalue weighted by atomic mass is 9.68. The number of para-hydroxylation sites is 1. The summed E-state index contributed by atoms with van der Waals surface area (Å²) in [7, 11) is 0. The van der Waals surface area contributed by atoms with Crippen molar-refractivity contribution >= 4 is 5.91 Å². The van der Waals surface area contributed by atoms with E-state index in [2.05, 4.69) is 24.9 Å². The number of ether oxygens (including phenoxy) is 2. The Bertz CT molecular complexity index is 744. The van der Waals surface area contributed by atoms with E-state index in [9.17, 15) is 9.90 Å². The summed E-state index contributed by atoms with van der Waals surface area (Å²) in [6.45, 7) is 9.62. The molecule has 1 saturated heterocycles. The number of hydrogen-bond donors (Lipinski definition) is 2. The van der Waals surface area contributed by atoms with Crippen LogP contribution >= 0.6 is 0 Å². The topological polar surface area (TPSA) is 67.8 Å². The summed E-state index contributed by atoms with van der Waals surface area (Å²) in [4.78, 5) is 11.9. The molecule has 2 N–H and O–H groups in total. The van der Waals surface area contributed by atoms with E-state index < -0.39 is 11.6 Å². The Morgan fingerprint density at radius 3 is 2.93 bits per heavy atom. The van der Waals surface area contributed by atoms with Crippen LogP contribution < -0.4 is 10.1 Å². The Labute approximate surface area is 161 Å². The normalized spacial score (nSPS) is 32.8. The third-order valence-corrected chi connectivity index (χ3v) is 5.70. The number of allylic oxidation sites excluding steroid dienone is 1. The highest BCUT2D eigenvalue weighted by molar-refractivity contribution is 5.74. The number of carbonyl (C=O) groups is 1. The summed E-state index contributed by atoms with van der Waals surface area (Å²) < 4.78 is 12.2. The van der Waals surface area contributed by atoms with Gasteiger partial charge >= 0.3 is 0 Å². The molecule has 2 aliphatic rings. The third-order valence-electron chi connectivity index (χ3n) is 5.70. The molecular weight excluding hydrogens is 342 g/mol. The van der Waals surface area contributed by atoms with Gasteiger partial charge in [-0.1, -0.05) is 36.9 Å². The van der Waals surface area contributed by atoms with Crippen molar-refractivity contribution in [1.82, 2.24) is 5.32 Å². The minimum Gasteiger partial charge on any atom is -0.489 e. The molecule has 0 bridgehead atoms. The molecule has 1 aliphatic heterocycles. The van der Waals surface area contributed by atoms with Crippen LogP contribution in [-0.2, 0) is 9.53 Å². The van der Waals surface area contributed by atoms with Crippen LogP contribution in [0, 0.1) is 5.92 Å². The standard InChI is InChI=1S/C22H29NO4/c1-5-12-26-18-9-7-6-8-16(18)19-13-22(4,23-15(3)24)17-11-10-14(2)20(25)21(17)27-19/h5-10,17,19-21,25H,1,11-13H2,2-4H3,(H,23,24)/t17-,19+,20-,21-,22+/m1/s1. The minimum absolute atomic E-state index is 0.0117. The highest BCUT2D eigenvalue weighted by atomic mass is 16.5. The molecule has 5 nitrogen and oxygen atoms in total. The highest BCUT2D eigenvalue weighted by Crippen LogP contribution is 2.47. The van der Waals surface area contributed by atoms with Crippen LogP contribution in [0.5, 0.6) is 5.75 Å². The average molecular weight is 371 g/mol. The van der Waals surface area contributed by atoms with Gasteiger partial charge in [-0.25, -0.2) is 0 Å². The van der Waals surface area contributed by atoms with Gasteiger partial charge in [-0.15, -0.1) is 0 Å². The van der Waals surface area contributed by atoms with E-state index in [1.54, 1.807) is 6.08 Å². The summed E-state index contributed by atoms with van der Waals surface area (Å²) in [6, 6.07) is 7.76. The molecule has 27 heavy (non-hydrogen) atoms. The van der Waals surface area contributed by atoms with E-state index in [1.165, 1.54) is 6.92 Å². The zero-order valence-corrected chi connectivity index (χ0v) is 16.3. The lowest BCUT2D eigenvalue weighted by Crippen LogP contribution is -2.62. The highest BCUT2D eigenvalue weighted by Gasteiger charge is 2.51. The van der Waals surface area contributed by atoms with Crippen LogP contribution in [0.15, 0.2) is 48.6 Å². The smallest absolute Gasteiger partial charge is 0.217 e. The molecule has 0 spiro atoms. The van der Waals surface area contributed by atoms with Crippen LogP contribution in [0.25, 0.3) is 0 Å². The van der Waals surface area contributed by atoms with Crippen molar-refractivity contribution < 1.29 is 19.4 Å². The second-order valence-electron chi connectivity index (χ2n) is 7.76. The Kier molecular flexibility index (Phi) is 5.72. The fourth-order valence-electron chi connectivity index (χ4n) is 4.37. The minimum atomic E-state index is -0.680. The summed E-state index contributed by atoms with van der Waals surface area (Å²) in [5.74, 6) is 0.676. The van der Waals surface area contributed by atoms with Crippen molar-refractivity contribution in [1.29, 1.82) is 0 Å². The number of amides is 1. The molecule has 1 heterocycles. The summed E-state index contributed by atoms with van der Waals surface area (Å²) >= 11 is 0. The Hall–Kier alpha value is -2.11. The molecule has 0 unspecified atom stereocenters. The van der Waals surface area contributed by atoms with Gasteiger partial charge in [0.15, 0.2) is 0 Å². The molecule has 1 amide bonds. The van der Waals surface area contributed by atoms with Crippen LogP contribution in [0.2, 0.25) is 0 Å². The molecule has 5 heteroatoms. The number of nitrogens with one attached hydrogen (secondary N) is 1. The van der Waals surface area contributed by atoms with E-state index in [0.717, 1.165) is 23.3 Å². The third kappa shape index (κ3) is 3.94. The predicted molar refractivity (Wildman–Crippen MR) is 104 cm³/mol. The molecule has 1 fully saturated rings. The molecular formula is C22H29NO4. The first kappa shape index (κ1) is 19.6. The van der Waals surface area contributed by atoms with Crippen LogP contribution in [0.3, 0.4) is 0 Å². The lowest BCUT2D eigenvalue weighted by molar-refractivity contribution is -0.165. The molecule has 1 aromatic carbocycles. The molecule has 0 aromatic heterocycles. The Balaban J connectivity index is 1.97. The largest absolute Gasteiger partial charge is 0.489 e. The molecule has 0 saturated carbocycles. The summed E-state index contributed by atoms with van der Waals surface area (Å²) in [5, 5.41) is 13.9. The van der Waals surface area contributed by atoms with Crippen molar-refractivity contribution in [3.63, 3.8) is 0 Å². The maximum Gasteiger partial charge on any atom is 0.217 e. The van der Waals surface area contributed by atoms with Gasteiger partial charge in [0.1, 0.15) is 18.5 Å². The van der Waals surface area contributed by atoms with Gasteiger partial charge in [0.05, 0.1) is 12.2 Å². The van der Waals surface area contributed by atoms with E-state index in [1.807, 2.05) is 31.2 Å². The second kappa shape index (κ2) is 7.87. The fraction of sp³-hybridized carbons (Fsp3) is 0.500. The number of rotatable bonds is 5. The van der Waals surface area contributed by atoms with Crippen molar-refractivity contribution in [2.45, 2.75) is 57.5 Å². The van der Waals surface area contributed by atoms with Gasteiger partial charge in [-0.2, -0.15) is 0 Å². The van der Waals surface area contributed by atoms with Crippen LogP contribution in [-0.4, -0.2) is 35.4 Å². The number of carbonyl (C=O) groups excluding carboxylic acids is 1. The van der Waals surface area contributed by atoms with Crippen molar-refractivity contribution in [3.8, 4) is 5.75 Å². The maximum absolute atomic E-state index is 11.9. The monoisotopic (exact) mass is 371 g/mol. The van der Waals surface area contributed by atoms with Crippen LogP contribution in [0.4, 0.5) is 0 Å². The first-order chi connectivity index (χ1) is 12.9. The molecule has 0 radical (unpaired) electrons. The lowest BCUT2D eigenvalue weighted by Gasteiger charge is -2.52. The number of hydrogen-bond acceptors (Lipinski definition) is 4. The quantitative estimate of drug-likeness (QED) is 0.780. The van der Waals surface area contributed by atoms with Crippen LogP contribution in [0.1, 0.15) is 45.3 Å². The van der Waals surface area contributed by atoms with E-state index >= 15 is 0 Å². The molecule has 5 atom stereocenters. The van der Waals surface area contributed by atoms with E-state index in [0.29, 0.717) is 13.0 Å². The van der Waals surface area contributed by atoms with E-state index in [4.69, 9.17) is 9.47 Å². The second-order valence-corrected chi connectivity index (χ2v) is 7.76. The average Bonchev–Trinajstić information content (AvgIpc) is 2.62.